The minimum absolute atomic E-state index is 0. The van der Waals surface area contributed by atoms with Crippen LogP contribution in [0.3, 0.4) is 0 Å². The summed E-state index contributed by atoms with van der Waals surface area (Å²) in [6.45, 7) is 3.31. The molecule has 0 aliphatic carbocycles. The van der Waals surface area contributed by atoms with Crippen LogP contribution in [0.25, 0.3) is 10.8 Å². The third-order valence-electron chi connectivity index (χ3n) is 4.36. The molecular formula is C19H19BrN2. The molecule has 1 N–H and O–H groups in total. The Kier molecular flexibility index (Phi) is 4.46. The van der Waals surface area contributed by atoms with Crippen LogP contribution in [0.5, 0.6) is 0 Å². The van der Waals surface area contributed by atoms with Crippen molar-refractivity contribution in [3.8, 4) is 0 Å². The Morgan fingerprint density at radius 1 is 0.773 bits per heavy atom. The zero-order chi connectivity index (χ0) is 14.1. The van der Waals surface area contributed by atoms with Gasteiger partial charge in [-0.1, -0.05) is 48.5 Å². The zero-order valence-electron chi connectivity index (χ0n) is 12.4. The highest BCUT2D eigenvalue weighted by molar-refractivity contribution is 5.90. The van der Waals surface area contributed by atoms with E-state index >= 15 is 0 Å². The summed E-state index contributed by atoms with van der Waals surface area (Å²) in [6.07, 6.45) is 0. The van der Waals surface area contributed by atoms with Gasteiger partial charge in [-0.05, 0) is 29.7 Å². The van der Waals surface area contributed by atoms with E-state index in [0.717, 1.165) is 19.8 Å². The molecule has 3 aromatic carbocycles. The SMILES string of the molecule is [Br-].c1ccc(N2CC[NH+](c3cccc4ccccc34)C2)cc1. The molecule has 1 saturated heterocycles. The van der Waals surface area contributed by atoms with Crippen LogP contribution in [-0.2, 0) is 0 Å². The molecule has 0 saturated carbocycles. The van der Waals surface area contributed by atoms with E-state index in [1.165, 1.54) is 22.1 Å². The summed E-state index contributed by atoms with van der Waals surface area (Å²) in [5, 5.41) is 2.71. The molecule has 0 aromatic heterocycles. The largest absolute Gasteiger partial charge is 1.00 e. The molecule has 3 heteroatoms. The summed E-state index contributed by atoms with van der Waals surface area (Å²) in [4.78, 5) is 4.02. The van der Waals surface area contributed by atoms with Gasteiger partial charge in [0.1, 0.15) is 12.2 Å². The first-order valence-electron chi connectivity index (χ1n) is 7.55. The molecule has 0 bridgehead atoms. The fourth-order valence-corrected chi connectivity index (χ4v) is 3.27. The lowest BCUT2D eigenvalue weighted by Crippen LogP contribution is -3.06. The fraction of sp³-hybridized carbons (Fsp3) is 0.158. The monoisotopic (exact) mass is 354 g/mol. The van der Waals surface area contributed by atoms with Crippen molar-refractivity contribution in [3.05, 3.63) is 72.8 Å². The van der Waals surface area contributed by atoms with Crippen molar-refractivity contribution in [2.75, 3.05) is 24.7 Å². The Morgan fingerprint density at radius 3 is 2.36 bits per heavy atom. The molecule has 1 atom stereocenters. The number of hydrogen-bond acceptors (Lipinski definition) is 1. The van der Waals surface area contributed by atoms with Gasteiger partial charge in [0, 0.05) is 11.1 Å². The van der Waals surface area contributed by atoms with Gasteiger partial charge in [0.05, 0.1) is 6.54 Å². The van der Waals surface area contributed by atoms with Crippen LogP contribution in [-0.4, -0.2) is 19.8 Å². The molecule has 1 unspecified atom stereocenters. The smallest absolute Gasteiger partial charge is 0.157 e. The standard InChI is InChI=1S/C19H18N2.BrH/c1-2-9-17(10-3-1)20-13-14-21(15-20)19-12-6-8-16-7-4-5-11-18(16)19;/h1-12H,13-15H2;1H. The lowest BCUT2D eigenvalue weighted by Gasteiger charge is -2.17. The predicted molar refractivity (Wildman–Crippen MR) is 88.1 cm³/mol. The molecule has 3 aromatic rings. The quantitative estimate of drug-likeness (QED) is 0.671. The Morgan fingerprint density at radius 2 is 1.50 bits per heavy atom. The fourth-order valence-electron chi connectivity index (χ4n) is 3.27. The number of nitrogens with zero attached hydrogens (tertiary/aromatic N) is 1. The van der Waals surface area contributed by atoms with Crippen molar-refractivity contribution >= 4 is 22.1 Å². The van der Waals surface area contributed by atoms with Gasteiger partial charge in [-0.25, -0.2) is 0 Å². The van der Waals surface area contributed by atoms with E-state index in [4.69, 9.17) is 0 Å². The van der Waals surface area contributed by atoms with Crippen LogP contribution in [0.15, 0.2) is 72.8 Å². The first kappa shape index (κ1) is 15.1. The number of halogens is 1. The van der Waals surface area contributed by atoms with Crippen molar-refractivity contribution in [3.63, 3.8) is 0 Å². The van der Waals surface area contributed by atoms with Crippen LogP contribution in [0.4, 0.5) is 11.4 Å². The number of anilines is 1. The minimum Gasteiger partial charge on any atom is -1.00 e. The average Bonchev–Trinajstić information content (AvgIpc) is 3.05. The molecule has 4 rings (SSSR count). The van der Waals surface area contributed by atoms with Crippen LogP contribution in [0.2, 0.25) is 0 Å². The zero-order valence-corrected chi connectivity index (χ0v) is 14.0. The third kappa shape index (κ3) is 2.74. The number of para-hydroxylation sites is 1. The molecule has 0 radical (unpaired) electrons. The number of fused-ring (bicyclic) bond motifs is 1. The Labute approximate surface area is 141 Å². The third-order valence-corrected chi connectivity index (χ3v) is 4.36. The maximum Gasteiger partial charge on any atom is 0.157 e. The highest BCUT2D eigenvalue weighted by Gasteiger charge is 2.26. The van der Waals surface area contributed by atoms with E-state index in [-0.39, 0.29) is 17.0 Å². The molecule has 2 nitrogen and oxygen atoms in total. The molecule has 0 spiro atoms. The topological polar surface area (TPSA) is 7.68 Å². The van der Waals surface area contributed by atoms with E-state index in [0.29, 0.717) is 0 Å². The lowest BCUT2D eigenvalue weighted by molar-refractivity contribution is -0.816. The van der Waals surface area contributed by atoms with E-state index in [2.05, 4.69) is 77.7 Å². The highest BCUT2D eigenvalue weighted by Crippen LogP contribution is 2.21. The van der Waals surface area contributed by atoms with Gasteiger partial charge in [0.25, 0.3) is 0 Å². The van der Waals surface area contributed by atoms with Gasteiger partial charge < -0.3 is 21.9 Å². The van der Waals surface area contributed by atoms with Crippen LogP contribution >= 0.6 is 0 Å². The summed E-state index contributed by atoms with van der Waals surface area (Å²) in [5.74, 6) is 0. The summed E-state index contributed by atoms with van der Waals surface area (Å²) in [6, 6.07) is 26.0. The van der Waals surface area contributed by atoms with Crippen molar-refractivity contribution in [1.29, 1.82) is 0 Å². The number of benzene rings is 3. The number of nitrogens with one attached hydrogen (secondary N) is 1. The van der Waals surface area contributed by atoms with E-state index in [1.54, 1.807) is 4.90 Å². The Balaban J connectivity index is 0.00000144. The summed E-state index contributed by atoms with van der Waals surface area (Å²) >= 11 is 0. The minimum atomic E-state index is 0. The van der Waals surface area contributed by atoms with E-state index in [9.17, 15) is 0 Å². The molecule has 1 fully saturated rings. The number of rotatable bonds is 2. The first-order chi connectivity index (χ1) is 10.4. The van der Waals surface area contributed by atoms with Gasteiger partial charge in [0.15, 0.2) is 6.67 Å². The molecule has 0 amide bonds. The molecule has 22 heavy (non-hydrogen) atoms. The maximum atomic E-state index is 2.47. The average molecular weight is 355 g/mol. The van der Waals surface area contributed by atoms with Gasteiger partial charge in [-0.15, -0.1) is 0 Å². The summed E-state index contributed by atoms with van der Waals surface area (Å²) in [5.41, 5.74) is 2.75. The van der Waals surface area contributed by atoms with Gasteiger partial charge >= 0.3 is 0 Å². The second-order valence-electron chi connectivity index (χ2n) is 5.64. The van der Waals surface area contributed by atoms with Crippen LogP contribution < -0.4 is 26.8 Å². The van der Waals surface area contributed by atoms with Crippen molar-refractivity contribution in [1.82, 2.24) is 0 Å². The van der Waals surface area contributed by atoms with Crippen molar-refractivity contribution < 1.29 is 21.9 Å². The Bertz CT molecular complexity index is 752. The van der Waals surface area contributed by atoms with Crippen molar-refractivity contribution in [2.45, 2.75) is 0 Å². The summed E-state index contributed by atoms with van der Waals surface area (Å²) in [7, 11) is 0. The van der Waals surface area contributed by atoms with E-state index < -0.39 is 0 Å². The van der Waals surface area contributed by atoms with Gasteiger partial charge in [0.2, 0.25) is 0 Å². The lowest BCUT2D eigenvalue weighted by atomic mass is 10.1. The van der Waals surface area contributed by atoms with Crippen LogP contribution in [0.1, 0.15) is 0 Å². The second-order valence-corrected chi connectivity index (χ2v) is 5.64. The van der Waals surface area contributed by atoms with Crippen molar-refractivity contribution in [2.24, 2.45) is 0 Å². The highest BCUT2D eigenvalue weighted by atomic mass is 79.9. The predicted octanol–water partition coefficient (Wildman–Crippen LogP) is -0.162. The molecule has 1 aliphatic rings. The van der Waals surface area contributed by atoms with E-state index in [1.807, 2.05) is 0 Å². The normalized spacial score (nSPS) is 17.5. The maximum absolute atomic E-state index is 2.47. The molecule has 1 aliphatic heterocycles. The van der Waals surface area contributed by atoms with Gasteiger partial charge in [-0.3, -0.25) is 4.90 Å². The molecular weight excluding hydrogens is 336 g/mol. The Hall–Kier alpha value is -1.84. The first-order valence-corrected chi connectivity index (χ1v) is 7.55. The van der Waals surface area contributed by atoms with Crippen LogP contribution in [0, 0.1) is 0 Å². The number of quaternary nitrogens is 1. The second kappa shape index (κ2) is 6.51. The molecule has 112 valence electrons. The molecule has 1 heterocycles. The summed E-state index contributed by atoms with van der Waals surface area (Å²) < 4.78 is 0. The van der Waals surface area contributed by atoms with Gasteiger partial charge in [-0.2, -0.15) is 0 Å². The number of hydrogen-bond donors (Lipinski definition) is 1.